The molecule has 2 saturated carbocycles. The van der Waals surface area contributed by atoms with Crippen molar-refractivity contribution < 1.29 is 4.74 Å². The molecule has 35 heavy (non-hydrogen) atoms. The van der Waals surface area contributed by atoms with Crippen LogP contribution in [-0.2, 0) is 31.3 Å². The van der Waals surface area contributed by atoms with Crippen LogP contribution in [0.15, 0.2) is 12.3 Å². The predicted octanol–water partition coefficient (Wildman–Crippen LogP) is 3.57. The summed E-state index contributed by atoms with van der Waals surface area (Å²) in [7, 11) is 1.96. The first-order valence-electron chi connectivity index (χ1n) is 13.4. The van der Waals surface area contributed by atoms with Crippen molar-refractivity contribution in [3.8, 4) is 0 Å². The van der Waals surface area contributed by atoms with E-state index in [1.807, 2.05) is 17.9 Å². The van der Waals surface area contributed by atoms with Crippen molar-refractivity contribution in [3.05, 3.63) is 34.9 Å². The van der Waals surface area contributed by atoms with Crippen LogP contribution in [0.25, 0.3) is 11.0 Å². The lowest BCUT2D eigenvalue weighted by atomic mass is 9.70. The molecule has 4 fully saturated rings. The van der Waals surface area contributed by atoms with E-state index < -0.39 is 0 Å². The van der Waals surface area contributed by atoms with Gasteiger partial charge in [-0.1, -0.05) is 6.42 Å². The highest BCUT2D eigenvalue weighted by molar-refractivity contribution is 5.89. The molecule has 0 aromatic carbocycles. The smallest absolute Gasteiger partial charge is 0.159 e. The third-order valence-corrected chi connectivity index (χ3v) is 9.31. The van der Waals surface area contributed by atoms with Crippen molar-refractivity contribution in [1.82, 2.24) is 29.9 Å². The third-order valence-electron chi connectivity index (χ3n) is 9.31. The van der Waals surface area contributed by atoms with E-state index in [-0.39, 0.29) is 11.1 Å². The van der Waals surface area contributed by atoms with Crippen molar-refractivity contribution in [2.45, 2.75) is 95.5 Å². The molecule has 0 radical (unpaired) electrons. The Kier molecular flexibility index (Phi) is 4.84. The van der Waals surface area contributed by atoms with E-state index in [4.69, 9.17) is 14.8 Å². The molecule has 3 aromatic heterocycles. The molecule has 186 valence electrons. The third kappa shape index (κ3) is 3.51. The fraction of sp³-hybridized carbons (Fsp3) is 0.667. The fourth-order valence-corrected chi connectivity index (χ4v) is 6.89. The van der Waals surface area contributed by atoms with Crippen LogP contribution in [0.4, 0.5) is 5.69 Å². The Morgan fingerprint density at radius 1 is 1.17 bits per heavy atom. The molecule has 2 bridgehead atoms. The maximum absolute atomic E-state index is 6.65. The zero-order chi connectivity index (χ0) is 23.8. The molecule has 0 amide bonds. The fourth-order valence-electron chi connectivity index (χ4n) is 6.89. The minimum atomic E-state index is -0.0451. The molecule has 3 aromatic rings. The monoisotopic (exact) mass is 475 g/mol. The van der Waals surface area contributed by atoms with E-state index in [1.165, 1.54) is 49.0 Å². The normalized spacial score (nSPS) is 28.5. The molecule has 5 aliphatic rings. The average Bonchev–Trinajstić information content (AvgIpc) is 3.36. The summed E-state index contributed by atoms with van der Waals surface area (Å²) in [5, 5.41) is 14.6. The van der Waals surface area contributed by atoms with Crippen LogP contribution >= 0.6 is 0 Å². The number of hydrogen-bond acceptors (Lipinski definition) is 6. The van der Waals surface area contributed by atoms with E-state index in [2.05, 4.69) is 39.9 Å². The summed E-state index contributed by atoms with van der Waals surface area (Å²) in [4.78, 5) is 7.19. The molecule has 0 unspecified atom stereocenters. The second kappa shape index (κ2) is 7.77. The first-order valence-corrected chi connectivity index (χ1v) is 13.4. The van der Waals surface area contributed by atoms with Crippen LogP contribution in [0.3, 0.4) is 0 Å². The van der Waals surface area contributed by atoms with Gasteiger partial charge >= 0.3 is 0 Å². The molecule has 0 atom stereocenters. The van der Waals surface area contributed by atoms with Gasteiger partial charge in [0.25, 0.3) is 0 Å². The molecule has 6 heterocycles. The predicted molar refractivity (Wildman–Crippen MR) is 136 cm³/mol. The largest absolute Gasteiger partial charge is 0.371 e. The quantitative estimate of drug-likeness (QED) is 0.608. The van der Waals surface area contributed by atoms with Gasteiger partial charge in [-0.2, -0.15) is 10.2 Å². The average molecular weight is 476 g/mol. The first kappa shape index (κ1) is 21.8. The van der Waals surface area contributed by atoms with Crippen LogP contribution in [0, 0.1) is 13.8 Å². The topological polar surface area (TPSA) is 73.0 Å². The van der Waals surface area contributed by atoms with Gasteiger partial charge < -0.3 is 15.0 Å². The number of ether oxygens (including phenoxy) is 1. The highest BCUT2D eigenvalue weighted by atomic mass is 16.5. The first-order chi connectivity index (χ1) is 16.9. The molecular weight excluding hydrogens is 438 g/mol. The Bertz CT molecular complexity index is 1260. The summed E-state index contributed by atoms with van der Waals surface area (Å²) in [6.45, 7) is 7.86. The second-order valence-corrected chi connectivity index (χ2v) is 11.7. The van der Waals surface area contributed by atoms with Gasteiger partial charge in [0, 0.05) is 55.1 Å². The van der Waals surface area contributed by atoms with Crippen molar-refractivity contribution in [3.63, 3.8) is 0 Å². The molecule has 0 spiro atoms. The second-order valence-electron chi connectivity index (χ2n) is 11.7. The number of nitrogens with one attached hydrogen (secondary N) is 1. The summed E-state index contributed by atoms with van der Waals surface area (Å²) in [5.41, 5.74) is 7.34. The van der Waals surface area contributed by atoms with Gasteiger partial charge in [0.1, 0.15) is 0 Å². The van der Waals surface area contributed by atoms with Crippen LogP contribution < -0.4 is 10.2 Å². The molecule has 2 aliphatic carbocycles. The van der Waals surface area contributed by atoms with Crippen molar-refractivity contribution in [2.75, 3.05) is 18.1 Å². The van der Waals surface area contributed by atoms with Crippen molar-refractivity contribution in [2.24, 2.45) is 7.05 Å². The van der Waals surface area contributed by atoms with E-state index in [0.29, 0.717) is 0 Å². The number of pyridine rings is 1. The van der Waals surface area contributed by atoms with Crippen molar-refractivity contribution >= 4 is 16.7 Å². The maximum atomic E-state index is 6.65. The molecule has 8 nitrogen and oxygen atoms in total. The SMILES string of the molecule is Cc1cc(N2CCc3c(c(C)nn3CC34CCC(NC5CCC5)(CC3)CO4)C2)c2cnn(C)c2n1. The number of fused-ring (bicyclic) bond motifs is 5. The number of hydrogen-bond donors (Lipinski definition) is 1. The Morgan fingerprint density at radius 2 is 2.00 bits per heavy atom. The van der Waals surface area contributed by atoms with E-state index >= 15 is 0 Å². The lowest BCUT2D eigenvalue weighted by molar-refractivity contribution is -0.173. The van der Waals surface area contributed by atoms with E-state index in [1.54, 1.807) is 0 Å². The lowest BCUT2D eigenvalue weighted by Gasteiger charge is -2.55. The van der Waals surface area contributed by atoms with Crippen LogP contribution in [0.5, 0.6) is 0 Å². The van der Waals surface area contributed by atoms with Gasteiger partial charge in [-0.25, -0.2) is 4.98 Å². The van der Waals surface area contributed by atoms with Gasteiger partial charge in [0.15, 0.2) is 5.65 Å². The zero-order valence-electron chi connectivity index (χ0n) is 21.3. The minimum Gasteiger partial charge on any atom is -0.371 e. The Labute approximate surface area is 207 Å². The number of rotatable bonds is 5. The Balaban J connectivity index is 1.11. The van der Waals surface area contributed by atoms with Gasteiger partial charge in [-0.3, -0.25) is 9.36 Å². The van der Waals surface area contributed by atoms with E-state index in [0.717, 1.165) is 74.0 Å². The summed E-state index contributed by atoms with van der Waals surface area (Å²) in [5.74, 6) is 0. The maximum Gasteiger partial charge on any atom is 0.159 e. The number of anilines is 1. The summed E-state index contributed by atoms with van der Waals surface area (Å²) in [6, 6.07) is 2.93. The Morgan fingerprint density at radius 3 is 2.71 bits per heavy atom. The van der Waals surface area contributed by atoms with Crippen molar-refractivity contribution in [1.29, 1.82) is 0 Å². The number of aryl methyl sites for hydroxylation is 3. The van der Waals surface area contributed by atoms with E-state index in [9.17, 15) is 0 Å². The van der Waals surface area contributed by atoms with Crippen LogP contribution in [0.2, 0.25) is 0 Å². The number of aromatic nitrogens is 5. The molecule has 8 heteroatoms. The van der Waals surface area contributed by atoms with Crippen LogP contribution in [-0.4, -0.2) is 54.9 Å². The molecular formula is C27H37N7O. The standard InChI is InChI=1S/C27H37N7O/c1-18-13-24(21-14-28-32(3)25(21)29-18)33-12-7-23-22(15-33)19(2)31-34(23)16-27-10-8-26(9-11-27,17-35-27)30-20-5-4-6-20/h13-14,20,30H,4-12,15-17H2,1-3H3. The molecule has 8 rings (SSSR count). The minimum absolute atomic E-state index is 0.0451. The van der Waals surface area contributed by atoms with Gasteiger partial charge in [-0.05, 0) is 58.4 Å². The van der Waals surface area contributed by atoms with Gasteiger partial charge in [-0.15, -0.1) is 0 Å². The molecule has 2 saturated heterocycles. The highest BCUT2D eigenvalue weighted by Gasteiger charge is 2.51. The summed E-state index contributed by atoms with van der Waals surface area (Å²) in [6.07, 6.45) is 11.8. The molecule has 3 aliphatic heterocycles. The lowest BCUT2D eigenvalue weighted by Crippen LogP contribution is -2.65. The summed E-state index contributed by atoms with van der Waals surface area (Å²) >= 11 is 0. The Hall–Kier alpha value is -2.45. The molecule has 1 N–H and O–H groups in total. The highest BCUT2D eigenvalue weighted by Crippen LogP contribution is 2.46. The summed E-state index contributed by atoms with van der Waals surface area (Å²) < 4.78 is 10.8. The number of nitrogens with zero attached hydrogens (tertiary/aromatic N) is 6. The van der Waals surface area contributed by atoms with Crippen LogP contribution in [0.1, 0.15) is 67.6 Å². The zero-order valence-corrected chi connectivity index (χ0v) is 21.3. The van der Waals surface area contributed by atoms with Gasteiger partial charge in [0.2, 0.25) is 0 Å². The van der Waals surface area contributed by atoms with Gasteiger partial charge in [0.05, 0.1) is 41.7 Å².